The van der Waals surface area contributed by atoms with E-state index in [1.807, 2.05) is 0 Å². The average Bonchev–Trinajstić information content (AvgIpc) is 2.61. The number of nitrogens with zero attached hydrogens (tertiary/aromatic N) is 3. The van der Waals surface area contributed by atoms with E-state index in [9.17, 15) is 14.0 Å². The standard InChI is InChI=1S/C17H17FN4O3/c18-14-11(7-23)1-2-12-13(14)15(21-10-20-12)25-16(24)22-5-3-17(4-6-22)8-19-9-17/h1-2,7,10,19H,3-6,8-9H2. The Hall–Kier alpha value is -2.61. The fourth-order valence-electron chi connectivity index (χ4n) is 3.41. The second kappa shape index (κ2) is 6.03. The summed E-state index contributed by atoms with van der Waals surface area (Å²) in [5.41, 5.74) is 0.458. The molecule has 8 heteroatoms. The van der Waals surface area contributed by atoms with Crippen LogP contribution in [-0.4, -0.2) is 53.4 Å². The number of aromatic nitrogens is 2. The van der Waals surface area contributed by atoms with Crippen molar-refractivity contribution in [2.24, 2.45) is 5.41 Å². The van der Waals surface area contributed by atoms with Crippen LogP contribution in [0.15, 0.2) is 18.5 Å². The molecule has 0 atom stereocenters. The van der Waals surface area contributed by atoms with Crippen molar-refractivity contribution in [3.63, 3.8) is 0 Å². The normalized spacial score (nSPS) is 18.8. The van der Waals surface area contributed by atoms with Crippen LogP contribution >= 0.6 is 0 Å². The molecule has 1 N–H and O–H groups in total. The Bertz CT molecular complexity index is 843. The summed E-state index contributed by atoms with van der Waals surface area (Å²) in [6.45, 7) is 3.19. The van der Waals surface area contributed by atoms with Gasteiger partial charge in [0.1, 0.15) is 12.1 Å². The van der Waals surface area contributed by atoms with Gasteiger partial charge in [-0.3, -0.25) is 4.79 Å². The van der Waals surface area contributed by atoms with Gasteiger partial charge in [-0.1, -0.05) is 0 Å². The van der Waals surface area contributed by atoms with Gasteiger partial charge < -0.3 is 15.0 Å². The lowest BCUT2D eigenvalue weighted by Crippen LogP contribution is -2.59. The van der Waals surface area contributed by atoms with Crippen molar-refractivity contribution < 1.29 is 18.7 Å². The predicted octanol–water partition coefficient (Wildman–Crippen LogP) is 1.77. The van der Waals surface area contributed by atoms with Gasteiger partial charge in [-0.25, -0.2) is 19.2 Å². The molecule has 2 aliphatic rings. The number of hydrogen-bond donors (Lipinski definition) is 1. The molecule has 0 bridgehead atoms. The van der Waals surface area contributed by atoms with Crippen molar-refractivity contribution in [2.75, 3.05) is 26.2 Å². The quantitative estimate of drug-likeness (QED) is 0.836. The van der Waals surface area contributed by atoms with E-state index in [1.54, 1.807) is 4.90 Å². The van der Waals surface area contributed by atoms with E-state index in [0.29, 0.717) is 24.8 Å². The highest BCUT2D eigenvalue weighted by Crippen LogP contribution is 2.35. The van der Waals surface area contributed by atoms with Gasteiger partial charge >= 0.3 is 6.09 Å². The lowest BCUT2D eigenvalue weighted by molar-refractivity contribution is 0.0566. The molecule has 130 valence electrons. The molecule has 1 amide bonds. The molecule has 3 heterocycles. The maximum absolute atomic E-state index is 14.5. The number of benzene rings is 1. The van der Waals surface area contributed by atoms with Crippen LogP contribution in [0.25, 0.3) is 10.9 Å². The summed E-state index contributed by atoms with van der Waals surface area (Å²) >= 11 is 0. The third kappa shape index (κ3) is 2.72. The van der Waals surface area contributed by atoms with Crippen molar-refractivity contribution in [2.45, 2.75) is 12.8 Å². The number of carbonyl (C=O) groups is 2. The molecule has 0 aliphatic carbocycles. The van der Waals surface area contributed by atoms with Crippen LogP contribution in [0.3, 0.4) is 0 Å². The number of amides is 1. The number of hydrogen-bond acceptors (Lipinski definition) is 6. The van der Waals surface area contributed by atoms with Crippen molar-refractivity contribution >= 4 is 23.3 Å². The molecule has 7 nitrogen and oxygen atoms in total. The number of carbonyl (C=O) groups excluding carboxylic acids is 2. The van der Waals surface area contributed by atoms with E-state index in [0.717, 1.165) is 25.9 Å². The summed E-state index contributed by atoms with van der Waals surface area (Å²) in [6.07, 6.45) is 2.89. The van der Waals surface area contributed by atoms with Crippen LogP contribution in [0.2, 0.25) is 0 Å². The van der Waals surface area contributed by atoms with E-state index >= 15 is 0 Å². The number of fused-ring (bicyclic) bond motifs is 1. The minimum Gasteiger partial charge on any atom is -0.390 e. The Balaban J connectivity index is 1.56. The SMILES string of the molecule is O=Cc1ccc2ncnc(OC(=O)N3CCC4(CC3)CNC4)c2c1F. The van der Waals surface area contributed by atoms with Gasteiger partial charge in [-0.15, -0.1) is 0 Å². The lowest BCUT2D eigenvalue weighted by atomic mass is 9.73. The molecule has 1 spiro atoms. The zero-order chi connectivity index (χ0) is 17.4. The van der Waals surface area contributed by atoms with Gasteiger partial charge in [0.2, 0.25) is 5.88 Å². The molecule has 1 aromatic heterocycles. The highest BCUT2D eigenvalue weighted by atomic mass is 19.1. The molecule has 2 aromatic rings. The zero-order valence-electron chi connectivity index (χ0n) is 13.5. The monoisotopic (exact) mass is 344 g/mol. The van der Waals surface area contributed by atoms with Gasteiger partial charge in [0.25, 0.3) is 0 Å². The second-order valence-electron chi connectivity index (χ2n) is 6.62. The Kier molecular flexibility index (Phi) is 3.84. The Morgan fingerprint density at radius 1 is 1.28 bits per heavy atom. The van der Waals surface area contributed by atoms with E-state index in [2.05, 4.69) is 15.3 Å². The summed E-state index contributed by atoms with van der Waals surface area (Å²) in [7, 11) is 0. The largest absolute Gasteiger partial charge is 0.416 e. The molecule has 0 unspecified atom stereocenters. The van der Waals surface area contributed by atoms with E-state index in [4.69, 9.17) is 4.74 Å². The summed E-state index contributed by atoms with van der Waals surface area (Å²) in [4.78, 5) is 32.8. The Labute approximate surface area is 143 Å². The first-order valence-electron chi connectivity index (χ1n) is 8.18. The average molecular weight is 344 g/mol. The molecule has 2 aliphatic heterocycles. The summed E-state index contributed by atoms with van der Waals surface area (Å²) in [6, 6.07) is 2.83. The first-order chi connectivity index (χ1) is 12.1. The Morgan fingerprint density at radius 3 is 2.68 bits per heavy atom. The smallest absolute Gasteiger partial charge is 0.390 e. The maximum Gasteiger partial charge on any atom is 0.416 e. The molecule has 4 rings (SSSR count). The number of halogens is 1. The number of nitrogens with one attached hydrogen (secondary N) is 1. The first-order valence-corrected chi connectivity index (χ1v) is 8.18. The fraction of sp³-hybridized carbons (Fsp3) is 0.412. The lowest BCUT2D eigenvalue weighted by Gasteiger charge is -2.47. The minimum absolute atomic E-state index is 0.0582. The number of likely N-dealkylation sites (tertiary alicyclic amines) is 1. The molecular weight excluding hydrogens is 327 g/mol. The van der Waals surface area contributed by atoms with Crippen LogP contribution in [0.1, 0.15) is 23.2 Å². The first kappa shape index (κ1) is 15.9. The number of piperidine rings is 1. The topological polar surface area (TPSA) is 84.4 Å². The van der Waals surface area contributed by atoms with Crippen LogP contribution in [0, 0.1) is 11.2 Å². The van der Waals surface area contributed by atoms with Gasteiger partial charge in [-0.2, -0.15) is 0 Å². The highest BCUT2D eigenvalue weighted by molar-refractivity contribution is 5.91. The third-order valence-electron chi connectivity index (χ3n) is 5.13. The van der Waals surface area contributed by atoms with Crippen LogP contribution in [0.4, 0.5) is 9.18 Å². The highest BCUT2D eigenvalue weighted by Gasteiger charge is 2.41. The number of ether oxygens (including phenoxy) is 1. The van der Waals surface area contributed by atoms with Crippen LogP contribution in [-0.2, 0) is 0 Å². The fourth-order valence-corrected chi connectivity index (χ4v) is 3.41. The van der Waals surface area contributed by atoms with E-state index in [1.165, 1.54) is 18.5 Å². The molecule has 0 saturated carbocycles. The van der Waals surface area contributed by atoms with E-state index in [-0.39, 0.29) is 22.3 Å². The predicted molar refractivity (Wildman–Crippen MR) is 87.0 cm³/mol. The number of rotatable bonds is 2. The van der Waals surface area contributed by atoms with Gasteiger partial charge in [-0.05, 0) is 30.4 Å². The molecular formula is C17H17FN4O3. The molecule has 1 aromatic carbocycles. The van der Waals surface area contributed by atoms with Gasteiger partial charge in [0.05, 0.1) is 16.5 Å². The Morgan fingerprint density at radius 2 is 2.04 bits per heavy atom. The molecule has 25 heavy (non-hydrogen) atoms. The maximum atomic E-state index is 14.5. The van der Waals surface area contributed by atoms with Gasteiger partial charge in [0, 0.05) is 26.2 Å². The summed E-state index contributed by atoms with van der Waals surface area (Å²) in [5.74, 6) is -0.948. The number of aldehydes is 1. The van der Waals surface area contributed by atoms with Crippen molar-refractivity contribution in [3.05, 3.63) is 29.8 Å². The summed E-state index contributed by atoms with van der Waals surface area (Å²) < 4.78 is 19.8. The zero-order valence-corrected chi connectivity index (χ0v) is 13.5. The molecule has 0 radical (unpaired) electrons. The molecule has 2 saturated heterocycles. The van der Waals surface area contributed by atoms with Crippen LogP contribution < -0.4 is 10.1 Å². The molecule has 2 fully saturated rings. The van der Waals surface area contributed by atoms with Crippen LogP contribution in [0.5, 0.6) is 5.88 Å². The van der Waals surface area contributed by atoms with E-state index < -0.39 is 11.9 Å². The minimum atomic E-state index is -0.783. The second-order valence-corrected chi connectivity index (χ2v) is 6.62. The summed E-state index contributed by atoms with van der Waals surface area (Å²) in [5, 5.41) is 3.21. The third-order valence-corrected chi connectivity index (χ3v) is 5.13. The van der Waals surface area contributed by atoms with Gasteiger partial charge in [0.15, 0.2) is 6.29 Å². The van der Waals surface area contributed by atoms with Crippen molar-refractivity contribution in [1.29, 1.82) is 0 Å². The van der Waals surface area contributed by atoms with Crippen molar-refractivity contribution in [3.8, 4) is 5.88 Å². The van der Waals surface area contributed by atoms with Crippen molar-refractivity contribution in [1.82, 2.24) is 20.2 Å².